The van der Waals surface area contributed by atoms with Gasteiger partial charge in [-0.15, -0.1) is 0 Å². The van der Waals surface area contributed by atoms with E-state index in [1.807, 2.05) is 4.90 Å². The highest BCUT2D eigenvalue weighted by Gasteiger charge is 2.21. The zero-order valence-corrected chi connectivity index (χ0v) is 16.1. The molecular weight excluding hydrogens is 360 g/mol. The summed E-state index contributed by atoms with van der Waals surface area (Å²) in [5.41, 5.74) is 0.306. The van der Waals surface area contributed by atoms with Crippen LogP contribution in [-0.4, -0.2) is 66.8 Å². The number of urea groups is 1. The molecule has 0 bridgehead atoms. The lowest BCUT2D eigenvalue weighted by Gasteiger charge is -2.22. The van der Waals surface area contributed by atoms with Crippen LogP contribution in [0.25, 0.3) is 0 Å². The monoisotopic (exact) mass is 386 g/mol. The maximum absolute atomic E-state index is 12.6. The fraction of sp³-hybridized carbons (Fsp3) is 0.500. The highest BCUT2D eigenvalue weighted by Crippen LogP contribution is 2.19. The molecule has 0 atom stereocenters. The summed E-state index contributed by atoms with van der Waals surface area (Å²) in [4.78, 5) is 43.9. The maximum atomic E-state index is 12.6. The number of hydrogen-bond acceptors (Lipinski definition) is 4. The fourth-order valence-electron chi connectivity index (χ4n) is 3.25. The Bertz CT molecular complexity index is 769. The van der Waals surface area contributed by atoms with Crippen molar-refractivity contribution >= 4 is 23.7 Å². The van der Waals surface area contributed by atoms with E-state index in [0.29, 0.717) is 30.1 Å². The van der Waals surface area contributed by atoms with E-state index in [9.17, 15) is 14.4 Å². The standard InChI is InChI=1S/C20H26N4O4/c1-23-13-10-17(22-20(23)27)21-19(26)15-8-4-5-9-16(15)28-14-18(25)24-11-6-2-3-7-12-24/h4-5,8-9H,2-3,6-7,10-14H2,1H3,(H,21,22,26,27). The van der Waals surface area contributed by atoms with Crippen LogP contribution in [0.4, 0.5) is 4.79 Å². The zero-order chi connectivity index (χ0) is 19.9. The molecule has 0 radical (unpaired) electrons. The third-order valence-electron chi connectivity index (χ3n) is 4.94. The summed E-state index contributed by atoms with van der Waals surface area (Å²) >= 11 is 0. The van der Waals surface area contributed by atoms with Gasteiger partial charge in [0.1, 0.15) is 11.6 Å². The lowest BCUT2D eigenvalue weighted by atomic mass is 10.2. The van der Waals surface area contributed by atoms with Gasteiger partial charge in [-0.1, -0.05) is 25.0 Å². The molecule has 0 saturated carbocycles. The number of aliphatic imine (C=N–C) groups is 1. The number of benzene rings is 1. The van der Waals surface area contributed by atoms with Crippen molar-refractivity contribution in [3.8, 4) is 5.75 Å². The first kappa shape index (κ1) is 19.9. The number of hydrogen-bond donors (Lipinski definition) is 1. The van der Waals surface area contributed by atoms with E-state index in [0.717, 1.165) is 38.8 Å². The molecule has 28 heavy (non-hydrogen) atoms. The van der Waals surface area contributed by atoms with Gasteiger partial charge >= 0.3 is 6.03 Å². The molecule has 1 N–H and O–H groups in total. The molecule has 2 heterocycles. The molecule has 150 valence electrons. The highest BCUT2D eigenvalue weighted by molar-refractivity contribution is 6.10. The number of carbonyl (C=O) groups excluding carboxylic acids is 3. The first-order valence-corrected chi connectivity index (χ1v) is 9.68. The Hall–Kier alpha value is -2.90. The molecule has 0 aliphatic carbocycles. The van der Waals surface area contributed by atoms with Gasteiger partial charge in [0.05, 0.1) is 5.56 Å². The van der Waals surface area contributed by atoms with Gasteiger partial charge in [-0.05, 0) is 25.0 Å². The third kappa shape index (κ3) is 5.09. The molecule has 0 aromatic heterocycles. The molecule has 8 heteroatoms. The first-order chi connectivity index (χ1) is 13.5. The summed E-state index contributed by atoms with van der Waals surface area (Å²) in [5, 5.41) is 2.67. The van der Waals surface area contributed by atoms with Crippen molar-refractivity contribution < 1.29 is 19.1 Å². The Kier molecular flexibility index (Phi) is 6.62. The minimum atomic E-state index is -0.408. The van der Waals surface area contributed by atoms with Gasteiger partial charge in [0.15, 0.2) is 6.61 Å². The Morgan fingerprint density at radius 3 is 2.54 bits per heavy atom. The van der Waals surface area contributed by atoms with Crippen LogP contribution in [-0.2, 0) is 4.79 Å². The summed E-state index contributed by atoms with van der Waals surface area (Å²) in [5.74, 6) is 0.197. The zero-order valence-electron chi connectivity index (χ0n) is 16.1. The molecule has 8 nitrogen and oxygen atoms in total. The normalized spacial score (nSPS) is 17.6. The SMILES string of the molecule is CN1CCC(NC(=O)c2ccccc2OCC(=O)N2CCCCCC2)=NC1=O. The molecule has 3 rings (SSSR count). The van der Waals surface area contributed by atoms with E-state index in [2.05, 4.69) is 10.3 Å². The number of nitrogens with one attached hydrogen (secondary N) is 1. The largest absolute Gasteiger partial charge is 0.483 e. The number of likely N-dealkylation sites (tertiary alicyclic amines) is 1. The van der Waals surface area contributed by atoms with Crippen molar-refractivity contribution in [3.05, 3.63) is 29.8 Å². The van der Waals surface area contributed by atoms with Crippen molar-refractivity contribution in [2.45, 2.75) is 32.1 Å². The van der Waals surface area contributed by atoms with Crippen LogP contribution in [0.15, 0.2) is 29.3 Å². The third-order valence-corrected chi connectivity index (χ3v) is 4.94. The van der Waals surface area contributed by atoms with Crippen LogP contribution in [0.2, 0.25) is 0 Å². The first-order valence-electron chi connectivity index (χ1n) is 9.68. The van der Waals surface area contributed by atoms with E-state index in [1.54, 1.807) is 31.3 Å². The van der Waals surface area contributed by atoms with Crippen molar-refractivity contribution in [2.75, 3.05) is 33.3 Å². The van der Waals surface area contributed by atoms with Crippen molar-refractivity contribution in [1.82, 2.24) is 15.1 Å². The predicted octanol–water partition coefficient (Wildman–Crippen LogP) is 2.05. The van der Waals surface area contributed by atoms with Crippen molar-refractivity contribution in [2.24, 2.45) is 4.99 Å². The van der Waals surface area contributed by atoms with Gasteiger partial charge < -0.3 is 19.9 Å². The van der Waals surface area contributed by atoms with E-state index in [-0.39, 0.29) is 18.5 Å². The van der Waals surface area contributed by atoms with Gasteiger partial charge in [0.25, 0.3) is 11.8 Å². The summed E-state index contributed by atoms with van der Waals surface area (Å²) in [7, 11) is 1.66. The van der Waals surface area contributed by atoms with Crippen LogP contribution in [0.5, 0.6) is 5.75 Å². The molecule has 4 amide bonds. The summed E-state index contributed by atoms with van der Waals surface area (Å²) in [6.07, 6.45) is 4.80. The van der Waals surface area contributed by atoms with Gasteiger partial charge in [-0.25, -0.2) is 4.79 Å². The number of para-hydroxylation sites is 1. The lowest BCUT2D eigenvalue weighted by Crippen LogP contribution is -2.40. The number of carbonyl (C=O) groups is 3. The predicted molar refractivity (Wildman–Crippen MR) is 105 cm³/mol. The minimum absolute atomic E-state index is 0.0672. The fourth-order valence-corrected chi connectivity index (χ4v) is 3.25. The van der Waals surface area contributed by atoms with Gasteiger partial charge in [-0.3, -0.25) is 9.59 Å². The Labute approximate surface area is 164 Å². The minimum Gasteiger partial charge on any atom is -0.483 e. The molecule has 1 aromatic rings. The summed E-state index contributed by atoms with van der Waals surface area (Å²) in [6, 6.07) is 6.37. The molecule has 0 unspecified atom stereocenters. The highest BCUT2D eigenvalue weighted by atomic mass is 16.5. The second kappa shape index (κ2) is 9.34. The molecule has 1 saturated heterocycles. The van der Waals surface area contributed by atoms with Crippen LogP contribution < -0.4 is 10.1 Å². The van der Waals surface area contributed by atoms with E-state index >= 15 is 0 Å². The van der Waals surface area contributed by atoms with E-state index < -0.39 is 5.91 Å². The van der Waals surface area contributed by atoms with Crippen molar-refractivity contribution in [3.63, 3.8) is 0 Å². The quantitative estimate of drug-likeness (QED) is 0.857. The molecule has 0 spiro atoms. The van der Waals surface area contributed by atoms with Gasteiger partial charge in [-0.2, -0.15) is 4.99 Å². The molecule has 2 aliphatic rings. The Balaban J connectivity index is 1.62. The van der Waals surface area contributed by atoms with Crippen molar-refractivity contribution in [1.29, 1.82) is 0 Å². The summed E-state index contributed by atoms with van der Waals surface area (Å²) < 4.78 is 5.67. The smallest absolute Gasteiger partial charge is 0.344 e. The number of nitrogens with zero attached hydrogens (tertiary/aromatic N) is 3. The Morgan fingerprint density at radius 2 is 1.82 bits per heavy atom. The Morgan fingerprint density at radius 1 is 1.11 bits per heavy atom. The van der Waals surface area contributed by atoms with Gasteiger partial charge in [0.2, 0.25) is 0 Å². The molecular formula is C20H26N4O4. The molecule has 2 aliphatic heterocycles. The lowest BCUT2D eigenvalue weighted by molar-refractivity contribution is -0.133. The number of ether oxygens (including phenoxy) is 1. The second-order valence-corrected chi connectivity index (χ2v) is 7.05. The number of amides is 4. The average molecular weight is 386 g/mol. The van der Waals surface area contributed by atoms with Crippen LogP contribution in [0.3, 0.4) is 0 Å². The topological polar surface area (TPSA) is 91.3 Å². The molecule has 1 aromatic carbocycles. The maximum Gasteiger partial charge on any atom is 0.344 e. The van der Waals surface area contributed by atoms with E-state index in [1.165, 1.54) is 4.90 Å². The number of rotatable bonds is 4. The van der Waals surface area contributed by atoms with Crippen LogP contribution in [0, 0.1) is 0 Å². The second-order valence-electron chi connectivity index (χ2n) is 7.05. The number of amidine groups is 1. The van der Waals surface area contributed by atoms with E-state index in [4.69, 9.17) is 4.74 Å². The average Bonchev–Trinajstić information content (AvgIpc) is 2.99. The van der Waals surface area contributed by atoms with Crippen LogP contribution >= 0.6 is 0 Å². The molecule has 1 fully saturated rings. The summed E-state index contributed by atoms with van der Waals surface area (Å²) in [6.45, 7) is 1.91. The van der Waals surface area contributed by atoms with Gasteiger partial charge in [0, 0.05) is 33.1 Å². The van der Waals surface area contributed by atoms with Crippen LogP contribution in [0.1, 0.15) is 42.5 Å².